The number of carbonyl (C=O) groups excluding carboxylic acids is 1. The third kappa shape index (κ3) is 4.57. The number of carbonyl (C=O) groups is 2. The monoisotopic (exact) mass is 350 g/mol. The first-order valence-corrected chi connectivity index (χ1v) is 5.79. The molecule has 4 N–H and O–H groups in total. The number of para-hydroxylation sites is 1. The molecule has 6 nitrogen and oxygen atoms in total. The summed E-state index contributed by atoms with van der Waals surface area (Å²) in [6.45, 7) is -0.343. The molecule has 1 unspecified atom stereocenters. The van der Waals surface area contributed by atoms with Gasteiger partial charge in [-0.25, -0.2) is 9.59 Å². The highest BCUT2D eigenvalue weighted by Crippen LogP contribution is 2.16. The van der Waals surface area contributed by atoms with Crippen LogP contribution in [0.3, 0.4) is 0 Å². The average molecular weight is 350 g/mol. The minimum Gasteiger partial charge on any atom is -0.479 e. The molecule has 2 amide bonds. The van der Waals surface area contributed by atoms with Crippen LogP contribution in [0.15, 0.2) is 24.3 Å². The zero-order chi connectivity index (χ0) is 12.8. The van der Waals surface area contributed by atoms with Gasteiger partial charge in [0, 0.05) is 3.57 Å². The van der Waals surface area contributed by atoms with Gasteiger partial charge in [0.1, 0.15) is 0 Å². The van der Waals surface area contributed by atoms with Crippen LogP contribution in [0.2, 0.25) is 0 Å². The van der Waals surface area contributed by atoms with E-state index in [0.717, 1.165) is 3.57 Å². The van der Waals surface area contributed by atoms with E-state index in [0.29, 0.717) is 5.69 Å². The number of nitrogens with one attached hydrogen (secondary N) is 2. The quantitative estimate of drug-likeness (QED) is 0.606. The number of carboxylic acid groups (broad SMARTS) is 1. The number of rotatable bonds is 4. The topological polar surface area (TPSA) is 98.7 Å². The van der Waals surface area contributed by atoms with E-state index in [1.807, 2.05) is 12.1 Å². The molecule has 1 aromatic rings. The van der Waals surface area contributed by atoms with Crippen molar-refractivity contribution in [3.8, 4) is 0 Å². The van der Waals surface area contributed by atoms with Crippen LogP contribution in [0.1, 0.15) is 0 Å². The van der Waals surface area contributed by atoms with E-state index in [4.69, 9.17) is 10.2 Å². The van der Waals surface area contributed by atoms with Crippen molar-refractivity contribution in [1.82, 2.24) is 5.32 Å². The predicted octanol–water partition coefficient (Wildman–Crippen LogP) is 0.858. The molecule has 0 saturated heterocycles. The number of halogens is 1. The minimum atomic E-state index is -1.60. The first kappa shape index (κ1) is 13.7. The number of urea groups is 1. The molecule has 0 radical (unpaired) electrons. The van der Waals surface area contributed by atoms with Crippen molar-refractivity contribution in [3.05, 3.63) is 27.8 Å². The highest BCUT2D eigenvalue weighted by atomic mass is 127. The zero-order valence-corrected chi connectivity index (χ0v) is 10.8. The molecule has 92 valence electrons. The molecule has 1 aromatic carbocycles. The fourth-order valence-corrected chi connectivity index (χ4v) is 1.53. The van der Waals surface area contributed by atoms with Gasteiger partial charge in [0.2, 0.25) is 0 Å². The minimum absolute atomic E-state index is 0.343. The van der Waals surface area contributed by atoms with Gasteiger partial charge < -0.3 is 20.8 Å². The molecule has 0 bridgehead atoms. The molecule has 0 aliphatic carbocycles. The van der Waals surface area contributed by atoms with Gasteiger partial charge in [-0.05, 0) is 34.7 Å². The molecule has 0 spiro atoms. The second-order valence-electron chi connectivity index (χ2n) is 3.17. The van der Waals surface area contributed by atoms with Gasteiger partial charge in [-0.2, -0.15) is 0 Å². The highest BCUT2D eigenvalue weighted by molar-refractivity contribution is 14.1. The normalized spacial score (nSPS) is 11.6. The number of anilines is 1. The SMILES string of the molecule is O=C(NCC(O)C(=O)O)Nc1ccccc1I. The highest BCUT2D eigenvalue weighted by Gasteiger charge is 2.14. The van der Waals surface area contributed by atoms with Gasteiger partial charge in [0.05, 0.1) is 12.2 Å². The fourth-order valence-electron chi connectivity index (χ4n) is 1.01. The molecule has 0 fully saturated rings. The number of amides is 2. The van der Waals surface area contributed by atoms with Gasteiger partial charge in [-0.3, -0.25) is 0 Å². The van der Waals surface area contributed by atoms with Crippen LogP contribution in [0.25, 0.3) is 0 Å². The smallest absolute Gasteiger partial charge is 0.334 e. The number of aliphatic carboxylic acids is 1. The molecule has 0 aliphatic heterocycles. The Bertz CT molecular complexity index is 425. The lowest BCUT2D eigenvalue weighted by Crippen LogP contribution is -2.38. The second-order valence-corrected chi connectivity index (χ2v) is 4.33. The molecule has 1 rings (SSSR count). The van der Waals surface area contributed by atoms with Crippen molar-refractivity contribution < 1.29 is 19.8 Å². The number of hydrogen-bond donors (Lipinski definition) is 4. The number of carboxylic acids is 1. The number of benzene rings is 1. The molecule has 0 heterocycles. The van der Waals surface area contributed by atoms with Crippen LogP contribution in [0.4, 0.5) is 10.5 Å². The van der Waals surface area contributed by atoms with Crippen molar-refractivity contribution in [2.24, 2.45) is 0 Å². The summed E-state index contributed by atoms with van der Waals surface area (Å²) < 4.78 is 0.860. The zero-order valence-electron chi connectivity index (χ0n) is 8.68. The van der Waals surface area contributed by atoms with Crippen molar-refractivity contribution >= 4 is 40.3 Å². The van der Waals surface area contributed by atoms with E-state index in [1.54, 1.807) is 12.1 Å². The van der Waals surface area contributed by atoms with Gasteiger partial charge in [0.15, 0.2) is 6.10 Å². The summed E-state index contributed by atoms with van der Waals surface area (Å²) in [5.41, 5.74) is 0.621. The van der Waals surface area contributed by atoms with Crippen LogP contribution >= 0.6 is 22.6 Å². The summed E-state index contributed by atoms with van der Waals surface area (Å²) in [5, 5.41) is 22.2. The largest absolute Gasteiger partial charge is 0.479 e. The number of aliphatic hydroxyl groups is 1. The van der Waals surface area contributed by atoms with Crippen LogP contribution in [0.5, 0.6) is 0 Å². The Morgan fingerprint density at radius 1 is 1.35 bits per heavy atom. The second kappa shape index (κ2) is 6.40. The van der Waals surface area contributed by atoms with E-state index in [-0.39, 0.29) is 6.54 Å². The molecule has 7 heteroatoms. The Labute approximate surface area is 111 Å². The Balaban J connectivity index is 2.46. The van der Waals surface area contributed by atoms with Gasteiger partial charge in [-0.1, -0.05) is 12.1 Å². The predicted molar refractivity (Wildman–Crippen MR) is 69.8 cm³/mol. The summed E-state index contributed by atoms with van der Waals surface area (Å²) in [6, 6.07) is 6.58. The molecular weight excluding hydrogens is 339 g/mol. The van der Waals surface area contributed by atoms with E-state index in [2.05, 4.69) is 33.2 Å². The standard InChI is InChI=1S/C10H11IN2O4/c11-6-3-1-2-4-7(6)13-10(17)12-5-8(14)9(15)16/h1-4,8,14H,5H2,(H,15,16)(H2,12,13,17). The summed E-state index contributed by atoms with van der Waals surface area (Å²) in [7, 11) is 0. The third-order valence-electron chi connectivity index (χ3n) is 1.86. The van der Waals surface area contributed by atoms with Crippen molar-refractivity contribution in [1.29, 1.82) is 0 Å². The van der Waals surface area contributed by atoms with E-state index in [1.165, 1.54) is 0 Å². The first-order chi connectivity index (χ1) is 8.00. The Kier molecular flexibility index (Phi) is 5.16. The van der Waals surface area contributed by atoms with Crippen LogP contribution in [0, 0.1) is 3.57 Å². The third-order valence-corrected chi connectivity index (χ3v) is 2.80. The van der Waals surface area contributed by atoms with E-state index < -0.39 is 18.1 Å². The Hall–Kier alpha value is -1.35. The van der Waals surface area contributed by atoms with Crippen molar-refractivity contribution in [3.63, 3.8) is 0 Å². The maximum Gasteiger partial charge on any atom is 0.334 e. The number of hydrogen-bond acceptors (Lipinski definition) is 3. The molecule has 1 atom stereocenters. The van der Waals surface area contributed by atoms with Gasteiger partial charge >= 0.3 is 12.0 Å². The van der Waals surface area contributed by atoms with Crippen molar-refractivity contribution in [2.75, 3.05) is 11.9 Å². The summed E-state index contributed by atoms with van der Waals surface area (Å²) >= 11 is 2.06. The molecule has 17 heavy (non-hydrogen) atoms. The van der Waals surface area contributed by atoms with Crippen molar-refractivity contribution in [2.45, 2.75) is 6.10 Å². The van der Waals surface area contributed by atoms with Crippen LogP contribution in [-0.2, 0) is 4.79 Å². The average Bonchev–Trinajstić information content (AvgIpc) is 2.29. The van der Waals surface area contributed by atoms with Gasteiger partial charge in [0.25, 0.3) is 0 Å². The number of aliphatic hydroxyl groups excluding tert-OH is 1. The Morgan fingerprint density at radius 2 is 2.00 bits per heavy atom. The first-order valence-electron chi connectivity index (χ1n) is 4.71. The van der Waals surface area contributed by atoms with Crippen LogP contribution in [-0.4, -0.2) is 34.9 Å². The van der Waals surface area contributed by atoms with Gasteiger partial charge in [-0.15, -0.1) is 0 Å². The van der Waals surface area contributed by atoms with E-state index in [9.17, 15) is 9.59 Å². The summed E-state index contributed by atoms with van der Waals surface area (Å²) in [6.07, 6.45) is -1.60. The Morgan fingerprint density at radius 3 is 2.59 bits per heavy atom. The maximum absolute atomic E-state index is 11.4. The maximum atomic E-state index is 11.4. The summed E-state index contributed by atoms with van der Waals surface area (Å²) in [4.78, 5) is 21.7. The fraction of sp³-hybridized carbons (Fsp3) is 0.200. The lowest BCUT2D eigenvalue weighted by molar-refractivity contribution is -0.146. The molecular formula is C10H11IN2O4. The molecule has 0 aliphatic rings. The van der Waals surface area contributed by atoms with E-state index >= 15 is 0 Å². The molecule has 0 aromatic heterocycles. The molecule has 0 saturated carbocycles. The lowest BCUT2D eigenvalue weighted by Gasteiger charge is -2.10. The lowest BCUT2D eigenvalue weighted by atomic mass is 10.3. The summed E-state index contributed by atoms with van der Waals surface area (Å²) in [5.74, 6) is -1.38. The van der Waals surface area contributed by atoms with Crippen LogP contribution < -0.4 is 10.6 Å².